The van der Waals surface area contributed by atoms with Crippen LogP contribution < -0.4 is 0 Å². The highest BCUT2D eigenvalue weighted by Crippen LogP contribution is 2.29. The Balaban J connectivity index is 2.16. The van der Waals surface area contributed by atoms with Gasteiger partial charge in [0.2, 0.25) is 0 Å². The highest BCUT2D eigenvalue weighted by Gasteiger charge is 2.08. The van der Waals surface area contributed by atoms with E-state index in [0.29, 0.717) is 0 Å². The van der Waals surface area contributed by atoms with Crippen LogP contribution in [0, 0.1) is 0 Å². The van der Waals surface area contributed by atoms with E-state index >= 15 is 0 Å². The van der Waals surface area contributed by atoms with Crippen LogP contribution in [0.2, 0.25) is 5.02 Å². The maximum atomic E-state index is 6.39. The number of fused-ring (bicyclic) bond motifs is 1. The van der Waals surface area contributed by atoms with Gasteiger partial charge in [0.15, 0.2) is 0 Å². The maximum Gasteiger partial charge on any atom is 0.0724 e. The van der Waals surface area contributed by atoms with E-state index in [-0.39, 0.29) is 0 Å². The highest BCUT2D eigenvalue weighted by atomic mass is 79.9. The largest absolute Gasteiger partial charge is 0.248 e. The number of rotatable bonds is 3. The number of halogens is 3. The first-order valence-electron chi connectivity index (χ1n) is 6.52. The molecule has 0 bridgehead atoms. The molecule has 0 fully saturated rings. The number of benzene rings is 2. The average Bonchev–Trinajstić information content (AvgIpc) is 2.54. The lowest BCUT2D eigenvalue weighted by molar-refractivity contribution is 1.29. The molecule has 0 atom stereocenters. The lowest BCUT2D eigenvalue weighted by Gasteiger charge is -2.09. The fourth-order valence-corrected chi connectivity index (χ4v) is 3.65. The molecular formula is C17H12Br2ClN. The molecule has 3 aromatic rings. The van der Waals surface area contributed by atoms with E-state index in [1.54, 1.807) is 0 Å². The summed E-state index contributed by atoms with van der Waals surface area (Å²) in [6, 6.07) is 16.3. The van der Waals surface area contributed by atoms with Crippen molar-refractivity contribution >= 4 is 54.4 Å². The molecule has 0 aliphatic carbocycles. The van der Waals surface area contributed by atoms with Crippen molar-refractivity contribution < 1.29 is 0 Å². The Morgan fingerprint density at radius 3 is 2.43 bits per heavy atom. The third-order valence-corrected chi connectivity index (χ3v) is 4.98. The summed E-state index contributed by atoms with van der Waals surface area (Å²) in [6.45, 7) is 0. The SMILES string of the molecule is Clc1cc(-c2ccc(CBr)c(CBr)c2)nc2ccccc12. The standard InChI is InChI=1S/C17H12Br2ClN/c18-9-12-6-5-11(7-13(12)10-19)17-8-15(20)14-3-1-2-4-16(14)21-17/h1-8H,9-10H2. The Morgan fingerprint density at radius 2 is 1.67 bits per heavy atom. The van der Waals surface area contributed by atoms with Crippen LogP contribution in [0.15, 0.2) is 48.5 Å². The van der Waals surface area contributed by atoms with Gasteiger partial charge in [-0.25, -0.2) is 4.98 Å². The first-order chi connectivity index (χ1) is 10.2. The van der Waals surface area contributed by atoms with Crippen LogP contribution in [0.5, 0.6) is 0 Å². The van der Waals surface area contributed by atoms with Crippen LogP contribution in [0.4, 0.5) is 0 Å². The monoisotopic (exact) mass is 423 g/mol. The molecule has 21 heavy (non-hydrogen) atoms. The topological polar surface area (TPSA) is 12.9 Å². The second-order valence-corrected chi connectivity index (χ2v) is 6.29. The summed E-state index contributed by atoms with van der Waals surface area (Å²) in [5.74, 6) is 0. The van der Waals surface area contributed by atoms with E-state index in [2.05, 4.69) is 50.1 Å². The minimum absolute atomic E-state index is 0.737. The molecule has 2 aromatic carbocycles. The summed E-state index contributed by atoms with van der Waals surface area (Å²) in [5.41, 5.74) is 5.45. The van der Waals surface area contributed by atoms with Gasteiger partial charge in [0.05, 0.1) is 16.2 Å². The van der Waals surface area contributed by atoms with Gasteiger partial charge in [-0.05, 0) is 29.3 Å². The molecule has 0 aliphatic rings. The first-order valence-corrected chi connectivity index (χ1v) is 9.14. The minimum atomic E-state index is 0.737. The Hall–Kier alpha value is -0.900. The number of aromatic nitrogens is 1. The Kier molecular flexibility index (Phi) is 4.63. The van der Waals surface area contributed by atoms with E-state index < -0.39 is 0 Å². The van der Waals surface area contributed by atoms with Crippen molar-refractivity contribution in [3.8, 4) is 11.3 Å². The zero-order valence-electron chi connectivity index (χ0n) is 11.1. The van der Waals surface area contributed by atoms with E-state index in [1.165, 1.54) is 11.1 Å². The number of para-hydroxylation sites is 1. The van der Waals surface area contributed by atoms with Gasteiger partial charge in [-0.1, -0.05) is 73.8 Å². The molecule has 0 N–H and O–H groups in total. The normalized spacial score (nSPS) is 11.0. The van der Waals surface area contributed by atoms with Gasteiger partial charge in [0.1, 0.15) is 0 Å². The fraction of sp³-hybridized carbons (Fsp3) is 0.118. The van der Waals surface area contributed by atoms with E-state index in [1.807, 2.05) is 30.3 Å². The van der Waals surface area contributed by atoms with Gasteiger partial charge in [-0.15, -0.1) is 0 Å². The molecule has 106 valence electrons. The smallest absolute Gasteiger partial charge is 0.0724 e. The third-order valence-electron chi connectivity index (χ3n) is 3.46. The lowest BCUT2D eigenvalue weighted by Crippen LogP contribution is -1.91. The van der Waals surface area contributed by atoms with Crippen molar-refractivity contribution in [3.05, 3.63) is 64.7 Å². The zero-order valence-corrected chi connectivity index (χ0v) is 15.0. The molecule has 1 aromatic heterocycles. The molecule has 0 unspecified atom stereocenters. The minimum Gasteiger partial charge on any atom is -0.248 e. The number of alkyl halides is 2. The van der Waals surface area contributed by atoms with Crippen molar-refractivity contribution in [2.75, 3.05) is 0 Å². The molecule has 0 spiro atoms. The van der Waals surface area contributed by atoms with Crippen LogP contribution in [0.25, 0.3) is 22.2 Å². The summed E-state index contributed by atoms with van der Waals surface area (Å²) in [6.07, 6.45) is 0. The molecule has 1 heterocycles. The molecule has 0 amide bonds. The van der Waals surface area contributed by atoms with E-state index in [9.17, 15) is 0 Å². The van der Waals surface area contributed by atoms with Crippen molar-refractivity contribution in [1.29, 1.82) is 0 Å². The van der Waals surface area contributed by atoms with Gasteiger partial charge in [0.25, 0.3) is 0 Å². The van der Waals surface area contributed by atoms with Crippen molar-refractivity contribution in [1.82, 2.24) is 4.98 Å². The van der Waals surface area contributed by atoms with Crippen molar-refractivity contribution in [2.45, 2.75) is 10.7 Å². The van der Waals surface area contributed by atoms with Crippen LogP contribution in [0.3, 0.4) is 0 Å². The van der Waals surface area contributed by atoms with Crippen LogP contribution in [0.1, 0.15) is 11.1 Å². The number of pyridine rings is 1. The molecule has 0 saturated heterocycles. The van der Waals surface area contributed by atoms with Crippen LogP contribution in [-0.2, 0) is 10.7 Å². The number of nitrogens with zero attached hydrogens (tertiary/aromatic N) is 1. The summed E-state index contributed by atoms with van der Waals surface area (Å²) in [4.78, 5) is 4.73. The predicted octanol–water partition coefficient (Wildman–Crippen LogP) is 6.35. The van der Waals surface area contributed by atoms with Gasteiger partial charge in [0, 0.05) is 21.6 Å². The van der Waals surface area contributed by atoms with Crippen LogP contribution >= 0.6 is 43.5 Å². The van der Waals surface area contributed by atoms with Gasteiger partial charge in [-0.3, -0.25) is 0 Å². The Bertz CT molecular complexity index is 802. The second kappa shape index (κ2) is 6.47. The van der Waals surface area contributed by atoms with E-state index in [4.69, 9.17) is 16.6 Å². The second-order valence-electron chi connectivity index (χ2n) is 4.76. The predicted molar refractivity (Wildman–Crippen MR) is 97.5 cm³/mol. The zero-order chi connectivity index (χ0) is 14.8. The summed E-state index contributed by atoms with van der Waals surface area (Å²) >= 11 is 13.4. The van der Waals surface area contributed by atoms with Crippen molar-refractivity contribution in [3.63, 3.8) is 0 Å². The van der Waals surface area contributed by atoms with E-state index in [0.717, 1.165) is 37.8 Å². The van der Waals surface area contributed by atoms with Crippen LogP contribution in [-0.4, -0.2) is 4.98 Å². The summed E-state index contributed by atoms with van der Waals surface area (Å²) in [5, 5.41) is 3.39. The highest BCUT2D eigenvalue weighted by molar-refractivity contribution is 9.09. The molecule has 0 radical (unpaired) electrons. The summed E-state index contributed by atoms with van der Waals surface area (Å²) in [7, 11) is 0. The fourth-order valence-electron chi connectivity index (χ4n) is 2.32. The Labute approximate surface area is 145 Å². The number of hydrogen-bond donors (Lipinski definition) is 0. The number of hydrogen-bond acceptors (Lipinski definition) is 1. The quantitative estimate of drug-likeness (QED) is 0.446. The maximum absolute atomic E-state index is 6.39. The van der Waals surface area contributed by atoms with Gasteiger partial charge in [-0.2, -0.15) is 0 Å². The molecule has 1 nitrogen and oxygen atoms in total. The molecule has 4 heteroatoms. The molecule has 0 saturated carbocycles. The molecular weight excluding hydrogens is 413 g/mol. The lowest BCUT2D eigenvalue weighted by atomic mass is 10.0. The van der Waals surface area contributed by atoms with Crippen molar-refractivity contribution in [2.24, 2.45) is 0 Å². The third kappa shape index (κ3) is 3.01. The summed E-state index contributed by atoms with van der Waals surface area (Å²) < 4.78 is 0. The Morgan fingerprint density at radius 1 is 0.905 bits per heavy atom. The first kappa shape index (κ1) is 15.0. The van der Waals surface area contributed by atoms with Gasteiger partial charge >= 0.3 is 0 Å². The molecule has 3 rings (SSSR count). The average molecular weight is 426 g/mol. The molecule has 0 aliphatic heterocycles. The van der Waals surface area contributed by atoms with Gasteiger partial charge < -0.3 is 0 Å².